The molecule has 0 aliphatic rings. The van der Waals surface area contributed by atoms with E-state index >= 15 is 0 Å². The minimum Gasteiger partial charge on any atom is -0.399 e. The molecule has 18 heavy (non-hydrogen) atoms. The summed E-state index contributed by atoms with van der Waals surface area (Å²) >= 11 is 1.29. The first-order valence-electron chi connectivity index (χ1n) is 5.40. The number of rotatable bonds is 5. The van der Waals surface area contributed by atoms with E-state index in [1.807, 2.05) is 0 Å². The monoisotopic (exact) mass is 273 g/mol. The van der Waals surface area contributed by atoms with Gasteiger partial charge in [0, 0.05) is 12.2 Å². The summed E-state index contributed by atoms with van der Waals surface area (Å²) in [5, 5.41) is 9.38. The molecular formula is C11H13F2N3OS. The Balaban J connectivity index is 2.31. The number of benzene rings is 1. The maximum absolute atomic E-state index is 12.4. The first-order chi connectivity index (χ1) is 8.60. The van der Waals surface area contributed by atoms with Crippen molar-refractivity contribution in [2.24, 2.45) is 0 Å². The topological polar surface area (TPSA) is 62.4 Å². The Morgan fingerprint density at radius 1 is 1.44 bits per heavy atom. The summed E-state index contributed by atoms with van der Waals surface area (Å²) in [5.74, 6) is 0. The summed E-state index contributed by atoms with van der Waals surface area (Å²) < 4.78 is 25.7. The zero-order chi connectivity index (χ0) is 13.1. The summed E-state index contributed by atoms with van der Waals surface area (Å²) in [7, 11) is 0. The molecule has 98 valence electrons. The van der Waals surface area contributed by atoms with Crippen molar-refractivity contribution in [3.63, 3.8) is 0 Å². The second-order valence-electron chi connectivity index (χ2n) is 3.78. The third-order valence-corrected chi connectivity index (χ3v) is 3.48. The average molecular weight is 273 g/mol. The molecule has 0 spiro atoms. The van der Waals surface area contributed by atoms with Gasteiger partial charge in [-0.3, -0.25) is 0 Å². The molecule has 2 rings (SSSR count). The summed E-state index contributed by atoms with van der Waals surface area (Å²) in [6.07, 6.45) is -2.46. The molecule has 0 aliphatic heterocycles. The molecule has 1 aromatic carbocycles. The lowest BCUT2D eigenvalue weighted by Gasteiger charge is -2.19. The zero-order valence-electron chi connectivity index (χ0n) is 9.51. The number of fused-ring (bicyclic) bond motifs is 1. The van der Waals surface area contributed by atoms with E-state index in [0.717, 1.165) is 10.2 Å². The van der Waals surface area contributed by atoms with Gasteiger partial charge in [0.05, 0.1) is 23.4 Å². The van der Waals surface area contributed by atoms with Crippen molar-refractivity contribution in [1.29, 1.82) is 0 Å². The molecule has 0 aliphatic carbocycles. The summed E-state index contributed by atoms with van der Waals surface area (Å²) in [6, 6.07) is 5.23. The Labute approximate surface area is 107 Å². The van der Waals surface area contributed by atoms with Crippen LogP contribution in [0, 0.1) is 0 Å². The lowest BCUT2D eigenvalue weighted by Crippen LogP contribution is -2.31. The predicted molar refractivity (Wildman–Crippen MR) is 69.3 cm³/mol. The smallest absolute Gasteiger partial charge is 0.255 e. The van der Waals surface area contributed by atoms with Crippen LogP contribution < -0.4 is 10.6 Å². The fraction of sp³-hybridized carbons (Fsp3) is 0.364. The highest BCUT2D eigenvalue weighted by Gasteiger charge is 2.16. The number of aliphatic hydroxyl groups excluding tert-OH is 1. The van der Waals surface area contributed by atoms with Crippen LogP contribution in [0.2, 0.25) is 0 Å². The SMILES string of the molecule is Nc1ccc2nc(N(CCO)CC(F)F)sc2c1. The second kappa shape index (κ2) is 5.45. The second-order valence-corrected chi connectivity index (χ2v) is 4.79. The molecule has 1 heterocycles. The van der Waals surface area contributed by atoms with E-state index in [-0.39, 0.29) is 13.2 Å². The standard InChI is InChI=1S/C11H13F2N3OS/c12-10(13)6-16(3-4-17)11-15-8-2-1-7(14)5-9(8)18-11/h1-2,5,10,17H,3-4,6,14H2. The lowest BCUT2D eigenvalue weighted by molar-refractivity contribution is 0.153. The Kier molecular flexibility index (Phi) is 3.93. The van der Waals surface area contributed by atoms with Gasteiger partial charge in [-0.05, 0) is 18.2 Å². The van der Waals surface area contributed by atoms with E-state index < -0.39 is 13.0 Å². The van der Waals surface area contributed by atoms with Crippen molar-refractivity contribution in [3.05, 3.63) is 18.2 Å². The van der Waals surface area contributed by atoms with Gasteiger partial charge in [0.15, 0.2) is 5.13 Å². The summed E-state index contributed by atoms with van der Waals surface area (Å²) in [4.78, 5) is 5.65. The Morgan fingerprint density at radius 2 is 2.22 bits per heavy atom. The van der Waals surface area contributed by atoms with Gasteiger partial charge >= 0.3 is 0 Å². The van der Waals surface area contributed by atoms with Gasteiger partial charge in [-0.2, -0.15) is 0 Å². The van der Waals surface area contributed by atoms with E-state index in [4.69, 9.17) is 10.8 Å². The van der Waals surface area contributed by atoms with Crippen molar-refractivity contribution < 1.29 is 13.9 Å². The van der Waals surface area contributed by atoms with Crippen LogP contribution in [0.3, 0.4) is 0 Å². The number of alkyl halides is 2. The molecule has 0 saturated heterocycles. The molecule has 0 unspecified atom stereocenters. The minimum absolute atomic E-state index is 0.139. The molecule has 0 atom stereocenters. The molecule has 7 heteroatoms. The number of aromatic nitrogens is 1. The third-order valence-electron chi connectivity index (χ3n) is 2.40. The summed E-state index contributed by atoms with van der Waals surface area (Å²) in [6.45, 7) is -0.486. The fourth-order valence-corrected chi connectivity index (χ4v) is 2.67. The van der Waals surface area contributed by atoms with E-state index in [1.54, 1.807) is 18.2 Å². The number of halogens is 2. The van der Waals surface area contributed by atoms with Crippen LogP contribution in [0.25, 0.3) is 10.2 Å². The minimum atomic E-state index is -2.46. The highest BCUT2D eigenvalue weighted by atomic mass is 32.1. The van der Waals surface area contributed by atoms with Crippen LogP contribution in [0.1, 0.15) is 0 Å². The average Bonchev–Trinajstić information content (AvgIpc) is 2.70. The van der Waals surface area contributed by atoms with E-state index in [1.165, 1.54) is 16.2 Å². The summed E-state index contributed by atoms with van der Waals surface area (Å²) in [5.41, 5.74) is 6.99. The molecule has 4 nitrogen and oxygen atoms in total. The van der Waals surface area contributed by atoms with Crippen LogP contribution in [0.5, 0.6) is 0 Å². The van der Waals surface area contributed by atoms with E-state index in [2.05, 4.69) is 4.98 Å². The highest BCUT2D eigenvalue weighted by molar-refractivity contribution is 7.22. The Hall–Kier alpha value is -1.47. The third kappa shape index (κ3) is 2.85. The first kappa shape index (κ1) is 13.0. The number of hydrogen-bond acceptors (Lipinski definition) is 5. The van der Waals surface area contributed by atoms with Crippen LogP contribution >= 0.6 is 11.3 Å². The van der Waals surface area contributed by atoms with Gasteiger partial charge in [-0.25, -0.2) is 13.8 Å². The van der Waals surface area contributed by atoms with Crippen LogP contribution in [-0.4, -0.2) is 36.2 Å². The normalized spacial score (nSPS) is 11.3. The Morgan fingerprint density at radius 3 is 2.89 bits per heavy atom. The highest BCUT2D eigenvalue weighted by Crippen LogP contribution is 2.30. The van der Waals surface area contributed by atoms with Crippen molar-refractivity contribution >= 4 is 32.4 Å². The molecule has 3 N–H and O–H groups in total. The van der Waals surface area contributed by atoms with Crippen LogP contribution in [0.15, 0.2) is 18.2 Å². The maximum atomic E-state index is 12.4. The number of thiazole rings is 1. The first-order valence-corrected chi connectivity index (χ1v) is 6.22. The van der Waals surface area contributed by atoms with Crippen molar-refractivity contribution in [3.8, 4) is 0 Å². The molecule has 1 aromatic heterocycles. The van der Waals surface area contributed by atoms with Gasteiger partial charge in [-0.15, -0.1) is 0 Å². The number of nitrogens with two attached hydrogens (primary N) is 1. The number of hydrogen-bond donors (Lipinski definition) is 2. The predicted octanol–water partition coefficient (Wildman–Crippen LogP) is 1.94. The lowest BCUT2D eigenvalue weighted by atomic mass is 10.3. The van der Waals surface area contributed by atoms with Crippen molar-refractivity contribution in [2.45, 2.75) is 6.43 Å². The number of aliphatic hydroxyl groups is 1. The molecule has 2 aromatic rings. The van der Waals surface area contributed by atoms with E-state index in [0.29, 0.717) is 10.8 Å². The molecule has 0 saturated carbocycles. The number of nitrogen functional groups attached to an aromatic ring is 1. The van der Waals surface area contributed by atoms with Crippen molar-refractivity contribution in [1.82, 2.24) is 4.98 Å². The molecule has 0 bridgehead atoms. The Bertz CT molecular complexity index is 532. The zero-order valence-corrected chi connectivity index (χ0v) is 10.3. The van der Waals surface area contributed by atoms with Crippen LogP contribution in [-0.2, 0) is 0 Å². The molecule has 0 amide bonds. The quantitative estimate of drug-likeness (QED) is 0.817. The molecular weight excluding hydrogens is 260 g/mol. The van der Waals surface area contributed by atoms with Crippen LogP contribution in [0.4, 0.5) is 19.6 Å². The van der Waals surface area contributed by atoms with Gasteiger partial charge < -0.3 is 15.7 Å². The fourth-order valence-electron chi connectivity index (χ4n) is 1.62. The molecule has 0 fully saturated rings. The van der Waals surface area contributed by atoms with Gasteiger partial charge in [0.2, 0.25) is 0 Å². The van der Waals surface area contributed by atoms with Gasteiger partial charge in [0.25, 0.3) is 6.43 Å². The largest absolute Gasteiger partial charge is 0.399 e. The number of anilines is 2. The maximum Gasteiger partial charge on any atom is 0.255 e. The number of nitrogens with zero attached hydrogens (tertiary/aromatic N) is 2. The van der Waals surface area contributed by atoms with E-state index in [9.17, 15) is 8.78 Å². The van der Waals surface area contributed by atoms with Gasteiger partial charge in [0.1, 0.15) is 0 Å². The van der Waals surface area contributed by atoms with Gasteiger partial charge in [-0.1, -0.05) is 11.3 Å². The van der Waals surface area contributed by atoms with Crippen molar-refractivity contribution in [2.75, 3.05) is 30.3 Å². The molecule has 0 radical (unpaired) electrons.